The van der Waals surface area contributed by atoms with Crippen LogP contribution >= 0.6 is 0 Å². The molecular weight excluding hydrogens is 435 g/mol. The molecule has 7 nitrogen and oxygen atoms in total. The van der Waals surface area contributed by atoms with Crippen molar-refractivity contribution in [1.29, 1.82) is 0 Å². The molecular formula is C23H24F3N5O2. The van der Waals surface area contributed by atoms with Gasteiger partial charge in [0.1, 0.15) is 5.69 Å². The summed E-state index contributed by atoms with van der Waals surface area (Å²) in [7, 11) is 0. The normalized spacial score (nSPS) is 11.7. The molecule has 0 saturated carbocycles. The SMILES string of the molecule is CC(C)(C)c1cc(C(=O)NNC(=O)Nc2cccc(C(F)(F)F)c2)n(Cc2ccccc2)n1. The number of hydrogen-bond acceptors (Lipinski definition) is 3. The van der Waals surface area contributed by atoms with Crippen LogP contribution in [0.5, 0.6) is 0 Å². The number of hydrogen-bond donors (Lipinski definition) is 3. The van der Waals surface area contributed by atoms with Crippen LogP contribution < -0.4 is 16.2 Å². The standard InChI is InChI=1S/C23H24F3N5O2/c1-22(2,3)19-13-18(31(30-19)14-15-8-5-4-6-9-15)20(32)28-29-21(33)27-17-11-7-10-16(12-17)23(24,25)26/h4-13H,14H2,1-3H3,(H,28,32)(H2,27,29,33). The molecule has 3 amide bonds. The summed E-state index contributed by atoms with van der Waals surface area (Å²) in [6, 6.07) is 14.4. The first-order valence-electron chi connectivity index (χ1n) is 10.1. The second-order valence-corrected chi connectivity index (χ2v) is 8.42. The quantitative estimate of drug-likeness (QED) is 0.494. The lowest BCUT2D eigenvalue weighted by molar-refractivity contribution is -0.137. The molecule has 0 aliphatic heterocycles. The molecule has 33 heavy (non-hydrogen) atoms. The number of nitrogens with one attached hydrogen (secondary N) is 3. The van der Waals surface area contributed by atoms with E-state index in [2.05, 4.69) is 21.3 Å². The van der Waals surface area contributed by atoms with Crippen LogP contribution in [0, 0.1) is 0 Å². The molecule has 0 fully saturated rings. The molecule has 0 spiro atoms. The van der Waals surface area contributed by atoms with Crippen LogP contribution in [0.1, 0.15) is 48.1 Å². The van der Waals surface area contributed by atoms with Crippen molar-refractivity contribution in [3.05, 3.63) is 83.2 Å². The highest BCUT2D eigenvalue weighted by atomic mass is 19.4. The zero-order chi connectivity index (χ0) is 24.2. The Kier molecular flexibility index (Phi) is 6.75. The molecule has 0 atom stereocenters. The van der Waals surface area contributed by atoms with Crippen LogP contribution in [0.2, 0.25) is 0 Å². The third-order valence-corrected chi connectivity index (χ3v) is 4.69. The van der Waals surface area contributed by atoms with E-state index in [-0.39, 0.29) is 16.8 Å². The molecule has 0 aliphatic rings. The van der Waals surface area contributed by atoms with E-state index in [0.29, 0.717) is 12.2 Å². The van der Waals surface area contributed by atoms with Crippen LogP contribution in [0.4, 0.5) is 23.7 Å². The average molecular weight is 459 g/mol. The number of aromatic nitrogens is 2. The summed E-state index contributed by atoms with van der Waals surface area (Å²) >= 11 is 0. The summed E-state index contributed by atoms with van der Waals surface area (Å²) in [6.45, 7) is 6.23. The number of anilines is 1. The monoisotopic (exact) mass is 459 g/mol. The van der Waals surface area contributed by atoms with Gasteiger partial charge in [0.05, 0.1) is 17.8 Å². The molecule has 0 unspecified atom stereocenters. The number of carbonyl (C=O) groups is 2. The van der Waals surface area contributed by atoms with Gasteiger partial charge >= 0.3 is 12.2 Å². The summed E-state index contributed by atoms with van der Waals surface area (Å²) < 4.78 is 40.0. The largest absolute Gasteiger partial charge is 0.416 e. The number of benzene rings is 2. The van der Waals surface area contributed by atoms with Crippen molar-refractivity contribution in [3.8, 4) is 0 Å². The fourth-order valence-electron chi connectivity index (χ4n) is 2.96. The summed E-state index contributed by atoms with van der Waals surface area (Å²) in [5.41, 5.74) is 5.00. The molecule has 0 radical (unpaired) electrons. The third kappa shape index (κ3) is 6.34. The zero-order valence-corrected chi connectivity index (χ0v) is 18.3. The first-order valence-corrected chi connectivity index (χ1v) is 10.1. The van der Waals surface area contributed by atoms with Gasteiger partial charge in [-0.3, -0.25) is 14.9 Å². The number of rotatable bonds is 4. The number of alkyl halides is 3. The smallest absolute Gasteiger partial charge is 0.307 e. The summed E-state index contributed by atoms with van der Waals surface area (Å²) in [5.74, 6) is -0.617. The Bertz CT molecular complexity index is 1130. The van der Waals surface area contributed by atoms with Gasteiger partial charge in [-0.1, -0.05) is 57.2 Å². The Morgan fingerprint density at radius 2 is 1.64 bits per heavy atom. The molecule has 1 heterocycles. The van der Waals surface area contributed by atoms with Gasteiger partial charge in [-0.15, -0.1) is 0 Å². The van der Waals surface area contributed by atoms with Crippen molar-refractivity contribution in [2.24, 2.45) is 0 Å². The van der Waals surface area contributed by atoms with Gasteiger partial charge in [0, 0.05) is 11.1 Å². The van der Waals surface area contributed by atoms with Gasteiger partial charge in [0.15, 0.2) is 0 Å². The highest BCUT2D eigenvalue weighted by Crippen LogP contribution is 2.30. The van der Waals surface area contributed by atoms with Crippen LogP contribution in [-0.2, 0) is 18.1 Å². The van der Waals surface area contributed by atoms with Gasteiger partial charge in [-0.05, 0) is 29.8 Å². The predicted molar refractivity (Wildman–Crippen MR) is 118 cm³/mol. The number of urea groups is 1. The number of hydrazine groups is 1. The fraction of sp³-hybridized carbons (Fsp3) is 0.261. The number of amides is 3. The molecule has 3 N–H and O–H groups in total. The summed E-state index contributed by atoms with van der Waals surface area (Å²) in [6.07, 6.45) is -4.54. The molecule has 3 aromatic rings. The van der Waals surface area contributed by atoms with Crippen LogP contribution in [-0.4, -0.2) is 21.7 Å². The number of carbonyl (C=O) groups excluding carboxylic acids is 2. The Morgan fingerprint density at radius 3 is 2.27 bits per heavy atom. The van der Waals surface area contributed by atoms with E-state index in [1.807, 2.05) is 51.1 Å². The predicted octanol–water partition coefficient (Wildman–Crippen LogP) is 4.71. The highest BCUT2D eigenvalue weighted by Gasteiger charge is 2.30. The lowest BCUT2D eigenvalue weighted by Crippen LogP contribution is -2.44. The van der Waals surface area contributed by atoms with E-state index in [9.17, 15) is 22.8 Å². The van der Waals surface area contributed by atoms with Crippen molar-refractivity contribution >= 4 is 17.6 Å². The third-order valence-electron chi connectivity index (χ3n) is 4.69. The minimum Gasteiger partial charge on any atom is -0.307 e. The van der Waals surface area contributed by atoms with Gasteiger partial charge in [0.25, 0.3) is 5.91 Å². The molecule has 3 rings (SSSR count). The minimum atomic E-state index is -4.54. The molecule has 174 valence electrons. The van der Waals surface area contributed by atoms with Crippen molar-refractivity contribution < 1.29 is 22.8 Å². The number of halogens is 3. The second-order valence-electron chi connectivity index (χ2n) is 8.42. The van der Waals surface area contributed by atoms with Crippen LogP contribution in [0.3, 0.4) is 0 Å². The molecule has 0 aliphatic carbocycles. The Labute approximate surface area is 189 Å². The van der Waals surface area contributed by atoms with Gasteiger partial charge in [-0.2, -0.15) is 18.3 Å². The Morgan fingerprint density at radius 1 is 0.939 bits per heavy atom. The van der Waals surface area contributed by atoms with Crippen molar-refractivity contribution in [1.82, 2.24) is 20.6 Å². The molecule has 1 aromatic heterocycles. The molecule has 0 bridgehead atoms. The van der Waals surface area contributed by atoms with E-state index in [0.717, 1.165) is 17.7 Å². The van der Waals surface area contributed by atoms with Gasteiger partial charge in [-0.25, -0.2) is 10.2 Å². The Balaban J connectivity index is 1.70. The maximum Gasteiger partial charge on any atom is 0.416 e. The lowest BCUT2D eigenvalue weighted by atomic mass is 9.92. The summed E-state index contributed by atoms with van der Waals surface area (Å²) in [5, 5.41) is 6.80. The van der Waals surface area contributed by atoms with Crippen LogP contribution in [0.15, 0.2) is 60.7 Å². The lowest BCUT2D eigenvalue weighted by Gasteiger charge is -2.14. The zero-order valence-electron chi connectivity index (χ0n) is 18.3. The maximum atomic E-state index is 12.8. The average Bonchev–Trinajstić information content (AvgIpc) is 3.17. The van der Waals surface area contributed by atoms with E-state index < -0.39 is 23.7 Å². The first-order chi connectivity index (χ1) is 15.4. The van der Waals surface area contributed by atoms with E-state index >= 15 is 0 Å². The fourth-order valence-corrected chi connectivity index (χ4v) is 2.96. The van der Waals surface area contributed by atoms with Crippen LogP contribution in [0.25, 0.3) is 0 Å². The summed E-state index contributed by atoms with van der Waals surface area (Å²) in [4.78, 5) is 24.9. The highest BCUT2D eigenvalue weighted by molar-refractivity contribution is 5.96. The number of nitrogens with zero attached hydrogens (tertiary/aromatic N) is 2. The topological polar surface area (TPSA) is 88.0 Å². The maximum absolute atomic E-state index is 12.8. The van der Waals surface area contributed by atoms with Gasteiger partial charge in [0.2, 0.25) is 0 Å². The minimum absolute atomic E-state index is 0.0688. The second kappa shape index (κ2) is 9.35. The Hall–Kier alpha value is -3.82. The van der Waals surface area contributed by atoms with E-state index in [1.54, 1.807) is 6.07 Å². The van der Waals surface area contributed by atoms with Crippen molar-refractivity contribution in [2.75, 3.05) is 5.32 Å². The molecule has 0 saturated heterocycles. The van der Waals surface area contributed by atoms with Crippen molar-refractivity contribution in [3.63, 3.8) is 0 Å². The van der Waals surface area contributed by atoms with Gasteiger partial charge < -0.3 is 5.32 Å². The molecule has 2 aromatic carbocycles. The van der Waals surface area contributed by atoms with Crippen molar-refractivity contribution in [2.45, 2.75) is 38.9 Å². The van der Waals surface area contributed by atoms with E-state index in [1.165, 1.54) is 16.8 Å². The first kappa shape index (κ1) is 23.8. The molecule has 10 heteroatoms. The van der Waals surface area contributed by atoms with E-state index in [4.69, 9.17) is 0 Å².